The molecular weight excluding hydrogens is 413 g/mol. The van der Waals surface area contributed by atoms with Gasteiger partial charge in [-0.3, -0.25) is 4.99 Å². The van der Waals surface area contributed by atoms with Crippen molar-refractivity contribution in [3.05, 3.63) is 54.0 Å². The number of hydrogen-bond acceptors (Lipinski definition) is 5. The van der Waals surface area contributed by atoms with E-state index in [1.807, 2.05) is 40.7 Å². The van der Waals surface area contributed by atoms with Crippen LogP contribution in [-0.2, 0) is 11.3 Å². The number of ether oxygens (including phenoxy) is 2. The van der Waals surface area contributed by atoms with Gasteiger partial charge in [0.05, 0.1) is 5.54 Å². The molecule has 1 aromatic carbocycles. The molecule has 0 saturated heterocycles. The molecule has 3 N–H and O–H groups in total. The van der Waals surface area contributed by atoms with Gasteiger partial charge in [0.15, 0.2) is 5.96 Å². The summed E-state index contributed by atoms with van der Waals surface area (Å²) in [5, 5.41) is 9.25. The van der Waals surface area contributed by atoms with Crippen LogP contribution in [0.5, 0.6) is 11.6 Å². The average Bonchev–Trinajstić information content (AvgIpc) is 2.68. The normalized spacial score (nSPS) is 12.2. The lowest BCUT2D eigenvalue weighted by molar-refractivity contribution is 0.0474. The van der Waals surface area contributed by atoms with Crippen molar-refractivity contribution in [2.45, 2.75) is 52.3 Å². The number of benzene rings is 1. The van der Waals surface area contributed by atoms with Crippen molar-refractivity contribution in [1.82, 2.24) is 20.9 Å². The van der Waals surface area contributed by atoms with Crippen molar-refractivity contribution < 1.29 is 18.7 Å². The number of aromatic nitrogens is 1. The molecule has 0 fully saturated rings. The van der Waals surface area contributed by atoms with Gasteiger partial charge < -0.3 is 25.4 Å². The second-order valence-electron chi connectivity index (χ2n) is 8.85. The Labute approximate surface area is 188 Å². The standard InChI is InChI=1S/C23H32FN5O3/c1-22(2,3)32-21(30)29-23(4,5)15-28-20(25-6)27-14-16-11-12-26-19(13-16)31-18-9-7-17(24)8-10-18/h7-13H,14-15H2,1-6H3,(H,29,30)(H2,25,27,28). The highest BCUT2D eigenvalue weighted by Gasteiger charge is 2.24. The number of hydrogen-bond donors (Lipinski definition) is 3. The number of amides is 1. The molecule has 0 unspecified atom stereocenters. The van der Waals surface area contributed by atoms with Gasteiger partial charge in [-0.25, -0.2) is 14.2 Å². The van der Waals surface area contributed by atoms with Crippen molar-refractivity contribution in [2.75, 3.05) is 13.6 Å². The van der Waals surface area contributed by atoms with E-state index in [2.05, 4.69) is 25.9 Å². The second kappa shape index (κ2) is 10.8. The van der Waals surface area contributed by atoms with E-state index < -0.39 is 17.2 Å². The summed E-state index contributed by atoms with van der Waals surface area (Å²) in [7, 11) is 1.67. The molecule has 0 radical (unpaired) electrons. The van der Waals surface area contributed by atoms with Crippen LogP contribution in [0.25, 0.3) is 0 Å². The maximum Gasteiger partial charge on any atom is 0.408 e. The van der Waals surface area contributed by atoms with Crippen molar-refractivity contribution in [1.29, 1.82) is 0 Å². The van der Waals surface area contributed by atoms with E-state index in [0.29, 0.717) is 30.7 Å². The summed E-state index contributed by atoms with van der Waals surface area (Å²) in [6.07, 6.45) is 1.16. The van der Waals surface area contributed by atoms with Gasteiger partial charge in [-0.15, -0.1) is 0 Å². The average molecular weight is 446 g/mol. The van der Waals surface area contributed by atoms with Crippen molar-refractivity contribution in [3.8, 4) is 11.6 Å². The first-order valence-electron chi connectivity index (χ1n) is 10.3. The summed E-state index contributed by atoms with van der Waals surface area (Å²) < 4.78 is 24.0. The van der Waals surface area contributed by atoms with Crippen LogP contribution in [0.4, 0.5) is 9.18 Å². The van der Waals surface area contributed by atoms with E-state index in [-0.39, 0.29) is 5.82 Å². The molecule has 8 nitrogen and oxygen atoms in total. The molecule has 0 atom stereocenters. The van der Waals surface area contributed by atoms with Gasteiger partial charge >= 0.3 is 6.09 Å². The highest BCUT2D eigenvalue weighted by atomic mass is 19.1. The van der Waals surface area contributed by atoms with Crippen LogP contribution < -0.4 is 20.7 Å². The number of nitrogens with one attached hydrogen (secondary N) is 3. The zero-order chi connectivity index (χ0) is 23.8. The first-order valence-corrected chi connectivity index (χ1v) is 10.3. The van der Waals surface area contributed by atoms with Gasteiger partial charge in [-0.2, -0.15) is 0 Å². The lowest BCUT2D eigenvalue weighted by Crippen LogP contribution is -2.54. The van der Waals surface area contributed by atoms with Crippen LogP contribution in [0.15, 0.2) is 47.6 Å². The molecule has 1 aromatic heterocycles. The summed E-state index contributed by atoms with van der Waals surface area (Å²) >= 11 is 0. The van der Waals surface area contributed by atoms with Gasteiger partial charge in [-0.05, 0) is 70.5 Å². The Morgan fingerprint density at radius 1 is 1.09 bits per heavy atom. The zero-order valence-electron chi connectivity index (χ0n) is 19.5. The minimum absolute atomic E-state index is 0.327. The number of carbonyl (C=O) groups is 1. The summed E-state index contributed by atoms with van der Waals surface area (Å²) in [6.45, 7) is 10.1. The van der Waals surface area contributed by atoms with Crippen molar-refractivity contribution in [2.24, 2.45) is 4.99 Å². The molecule has 2 aromatic rings. The van der Waals surface area contributed by atoms with Gasteiger partial charge in [0.2, 0.25) is 5.88 Å². The fourth-order valence-electron chi connectivity index (χ4n) is 2.57. The van der Waals surface area contributed by atoms with Crippen LogP contribution >= 0.6 is 0 Å². The lowest BCUT2D eigenvalue weighted by Gasteiger charge is -2.29. The predicted molar refractivity (Wildman–Crippen MR) is 122 cm³/mol. The third kappa shape index (κ3) is 9.20. The monoisotopic (exact) mass is 445 g/mol. The predicted octanol–water partition coefficient (Wildman–Crippen LogP) is 3.98. The quantitative estimate of drug-likeness (QED) is 0.441. The van der Waals surface area contributed by atoms with Crippen molar-refractivity contribution >= 4 is 12.1 Å². The smallest absolute Gasteiger partial charge is 0.408 e. The van der Waals surface area contributed by atoms with Crippen LogP contribution in [0.2, 0.25) is 0 Å². The Morgan fingerprint density at radius 2 is 1.78 bits per heavy atom. The van der Waals surface area contributed by atoms with Crippen LogP contribution in [-0.4, -0.2) is 41.8 Å². The molecule has 174 valence electrons. The number of guanidine groups is 1. The largest absolute Gasteiger partial charge is 0.444 e. The molecule has 2 rings (SSSR count). The van der Waals surface area contributed by atoms with E-state index in [1.165, 1.54) is 12.1 Å². The third-order valence-electron chi connectivity index (χ3n) is 4.06. The van der Waals surface area contributed by atoms with Gasteiger partial charge in [-0.1, -0.05) is 0 Å². The van der Waals surface area contributed by atoms with E-state index in [0.717, 1.165) is 5.56 Å². The molecular formula is C23H32FN5O3. The fraction of sp³-hybridized carbons (Fsp3) is 0.435. The maximum atomic E-state index is 13.0. The Balaban J connectivity index is 1.86. The van der Waals surface area contributed by atoms with Gasteiger partial charge in [0, 0.05) is 32.4 Å². The van der Waals surface area contributed by atoms with Crippen LogP contribution in [0.1, 0.15) is 40.2 Å². The minimum Gasteiger partial charge on any atom is -0.444 e. The highest BCUT2D eigenvalue weighted by Crippen LogP contribution is 2.20. The highest BCUT2D eigenvalue weighted by molar-refractivity contribution is 5.79. The SMILES string of the molecule is CN=C(NCc1ccnc(Oc2ccc(F)cc2)c1)NCC(C)(C)NC(=O)OC(C)(C)C. The Hall–Kier alpha value is -3.36. The summed E-state index contributed by atoms with van der Waals surface area (Å²) in [5.41, 5.74) is -0.201. The first kappa shape index (κ1) is 24.9. The first-order chi connectivity index (χ1) is 15.0. The molecule has 0 spiro atoms. The molecule has 32 heavy (non-hydrogen) atoms. The second-order valence-corrected chi connectivity index (χ2v) is 8.85. The van der Waals surface area contributed by atoms with Gasteiger partial charge in [0.25, 0.3) is 0 Å². The number of rotatable bonds is 7. The molecule has 0 aliphatic carbocycles. The molecule has 0 saturated carbocycles. The number of nitrogens with zero attached hydrogens (tertiary/aromatic N) is 2. The molecule has 0 bridgehead atoms. The molecule has 1 amide bonds. The van der Waals surface area contributed by atoms with E-state index >= 15 is 0 Å². The summed E-state index contributed by atoms with van der Waals surface area (Å²) in [6, 6.07) is 9.39. The number of carbonyl (C=O) groups excluding carboxylic acids is 1. The lowest BCUT2D eigenvalue weighted by atomic mass is 10.1. The van der Waals surface area contributed by atoms with E-state index in [4.69, 9.17) is 9.47 Å². The third-order valence-corrected chi connectivity index (χ3v) is 4.06. The minimum atomic E-state index is -0.563. The molecule has 9 heteroatoms. The Bertz CT molecular complexity index is 924. The van der Waals surface area contributed by atoms with Gasteiger partial charge in [0.1, 0.15) is 17.2 Å². The van der Waals surface area contributed by atoms with Crippen molar-refractivity contribution in [3.63, 3.8) is 0 Å². The zero-order valence-corrected chi connectivity index (χ0v) is 19.5. The topological polar surface area (TPSA) is 96.9 Å². The number of halogens is 1. The van der Waals surface area contributed by atoms with E-state index in [1.54, 1.807) is 31.4 Å². The Kier molecular flexibility index (Phi) is 8.40. The Morgan fingerprint density at radius 3 is 2.41 bits per heavy atom. The molecule has 0 aliphatic heterocycles. The number of aliphatic imine (C=N–C) groups is 1. The summed E-state index contributed by atoms with van der Waals surface area (Å²) in [5.74, 6) is 1.15. The van der Waals surface area contributed by atoms with E-state index in [9.17, 15) is 9.18 Å². The van der Waals surface area contributed by atoms with Crippen LogP contribution in [0.3, 0.4) is 0 Å². The molecule has 1 heterocycles. The fourth-order valence-corrected chi connectivity index (χ4v) is 2.57. The number of alkyl carbamates (subject to hydrolysis) is 1. The molecule has 0 aliphatic rings. The number of pyridine rings is 1. The maximum absolute atomic E-state index is 13.0. The van der Waals surface area contributed by atoms with Crippen LogP contribution in [0, 0.1) is 5.82 Å². The summed E-state index contributed by atoms with van der Waals surface area (Å²) in [4.78, 5) is 20.4.